The predicted molar refractivity (Wildman–Crippen MR) is 123 cm³/mol. The minimum atomic E-state index is -3.64. The van der Waals surface area contributed by atoms with E-state index in [1.165, 1.54) is 23.7 Å². The van der Waals surface area contributed by atoms with Crippen molar-refractivity contribution in [1.29, 1.82) is 0 Å². The summed E-state index contributed by atoms with van der Waals surface area (Å²) in [7, 11) is -3.64. The Labute approximate surface area is 188 Å². The molecule has 166 valence electrons. The smallest absolute Gasteiger partial charge is 0.258 e. The standard InChI is InChI=1S/C19H21ClFN5O3S2/c1-3-7-22-18-17-15(23-10-24-18)11(9-30-17)19(27)25-16-12(21)5-6-13(14(16)20)26-31(28,29)8-4-2/h5-6,9-10,26H,3-4,7-8H2,1-2H3,(H,25,27)(H,22,23,24). The fraction of sp³-hybridized carbons (Fsp3) is 0.316. The number of thiophene rings is 1. The number of sulfonamides is 1. The molecule has 0 bridgehead atoms. The first-order valence-electron chi connectivity index (χ1n) is 9.53. The molecule has 3 rings (SSSR count). The van der Waals surface area contributed by atoms with Crippen molar-refractivity contribution in [2.75, 3.05) is 27.7 Å². The second-order valence-corrected chi connectivity index (χ2v) is 9.73. The third-order valence-electron chi connectivity index (χ3n) is 4.21. The Hall–Kier alpha value is -2.50. The molecule has 12 heteroatoms. The first-order valence-corrected chi connectivity index (χ1v) is 12.4. The lowest BCUT2D eigenvalue weighted by atomic mass is 10.2. The van der Waals surface area contributed by atoms with Crippen LogP contribution in [0.3, 0.4) is 0 Å². The summed E-state index contributed by atoms with van der Waals surface area (Å²) in [6, 6.07) is 2.24. The third kappa shape index (κ3) is 5.23. The number of amides is 1. The summed E-state index contributed by atoms with van der Waals surface area (Å²) in [5, 5.41) is 6.98. The Bertz CT molecular complexity index is 1220. The average Bonchev–Trinajstić information content (AvgIpc) is 3.16. The van der Waals surface area contributed by atoms with Gasteiger partial charge in [-0.15, -0.1) is 11.3 Å². The van der Waals surface area contributed by atoms with Crippen molar-refractivity contribution >= 4 is 66.3 Å². The fourth-order valence-electron chi connectivity index (χ4n) is 2.80. The minimum absolute atomic E-state index is 0.0182. The van der Waals surface area contributed by atoms with Crippen LogP contribution in [0.2, 0.25) is 5.02 Å². The molecule has 8 nitrogen and oxygen atoms in total. The van der Waals surface area contributed by atoms with Crippen molar-refractivity contribution in [3.63, 3.8) is 0 Å². The number of fused-ring (bicyclic) bond motifs is 1. The van der Waals surface area contributed by atoms with Gasteiger partial charge in [0.2, 0.25) is 10.0 Å². The second-order valence-electron chi connectivity index (χ2n) is 6.64. The molecular formula is C19H21ClFN5O3S2. The highest BCUT2D eigenvalue weighted by Gasteiger charge is 2.21. The number of hydrogen-bond donors (Lipinski definition) is 3. The van der Waals surface area contributed by atoms with E-state index in [1.807, 2.05) is 6.92 Å². The van der Waals surface area contributed by atoms with Crippen LogP contribution in [0.1, 0.15) is 37.0 Å². The topological polar surface area (TPSA) is 113 Å². The number of nitrogens with zero attached hydrogens (tertiary/aromatic N) is 2. The lowest BCUT2D eigenvalue weighted by molar-refractivity contribution is 0.102. The van der Waals surface area contributed by atoms with E-state index in [9.17, 15) is 17.6 Å². The number of benzene rings is 1. The molecular weight excluding hydrogens is 465 g/mol. The summed E-state index contributed by atoms with van der Waals surface area (Å²) in [6.45, 7) is 4.45. The Morgan fingerprint density at radius 2 is 2.00 bits per heavy atom. The van der Waals surface area contributed by atoms with Gasteiger partial charge in [0.15, 0.2) is 0 Å². The molecule has 1 amide bonds. The molecule has 2 heterocycles. The largest absolute Gasteiger partial charge is 0.369 e. The Balaban J connectivity index is 1.91. The zero-order chi connectivity index (χ0) is 22.6. The number of nitrogens with one attached hydrogen (secondary N) is 3. The van der Waals surface area contributed by atoms with Crippen molar-refractivity contribution in [2.24, 2.45) is 0 Å². The average molecular weight is 486 g/mol. The van der Waals surface area contributed by atoms with Crippen molar-refractivity contribution in [2.45, 2.75) is 26.7 Å². The number of halogens is 2. The number of carbonyl (C=O) groups excluding carboxylic acids is 1. The normalized spacial score (nSPS) is 11.5. The van der Waals surface area contributed by atoms with Crippen molar-refractivity contribution in [3.8, 4) is 0 Å². The zero-order valence-corrected chi connectivity index (χ0v) is 19.2. The molecule has 3 aromatic rings. The molecule has 3 N–H and O–H groups in total. The van der Waals surface area contributed by atoms with Crippen molar-refractivity contribution in [1.82, 2.24) is 9.97 Å². The molecule has 0 aliphatic rings. The van der Waals surface area contributed by atoms with Gasteiger partial charge in [-0.25, -0.2) is 22.8 Å². The maximum Gasteiger partial charge on any atom is 0.258 e. The number of anilines is 3. The molecule has 0 aliphatic heterocycles. The fourth-order valence-corrected chi connectivity index (χ4v) is 5.21. The molecule has 0 aliphatic carbocycles. The molecule has 0 saturated carbocycles. The zero-order valence-electron chi connectivity index (χ0n) is 16.8. The van der Waals surface area contributed by atoms with Gasteiger partial charge >= 0.3 is 0 Å². The molecule has 0 fully saturated rings. The van der Waals surface area contributed by atoms with E-state index in [0.29, 0.717) is 29.0 Å². The summed E-state index contributed by atoms with van der Waals surface area (Å²) in [6.07, 6.45) is 2.65. The quantitative estimate of drug-likeness (QED) is 0.404. The highest BCUT2D eigenvalue weighted by molar-refractivity contribution is 7.92. The summed E-state index contributed by atoms with van der Waals surface area (Å²) in [5.74, 6) is -0.915. The SMILES string of the molecule is CCCNc1ncnc2c(C(=O)Nc3c(F)ccc(NS(=O)(=O)CCC)c3Cl)csc12. The van der Waals surface area contributed by atoms with Crippen LogP contribution in [0.15, 0.2) is 23.8 Å². The molecule has 0 unspecified atom stereocenters. The van der Waals surface area contributed by atoms with Crippen LogP contribution in [0.25, 0.3) is 10.2 Å². The predicted octanol–water partition coefficient (Wildman–Crippen LogP) is 4.71. The number of rotatable bonds is 9. The molecule has 2 aromatic heterocycles. The van der Waals surface area contributed by atoms with Crippen LogP contribution in [0.5, 0.6) is 0 Å². The van der Waals surface area contributed by atoms with Gasteiger partial charge in [0.25, 0.3) is 5.91 Å². The summed E-state index contributed by atoms with van der Waals surface area (Å²) < 4.78 is 41.5. The van der Waals surface area contributed by atoms with E-state index in [1.54, 1.807) is 12.3 Å². The van der Waals surface area contributed by atoms with E-state index in [-0.39, 0.29) is 27.7 Å². The van der Waals surface area contributed by atoms with E-state index in [4.69, 9.17) is 11.6 Å². The number of aromatic nitrogens is 2. The lowest BCUT2D eigenvalue weighted by Crippen LogP contribution is -2.18. The van der Waals surface area contributed by atoms with Gasteiger partial charge in [0.05, 0.1) is 37.9 Å². The first kappa shape index (κ1) is 23.2. The lowest BCUT2D eigenvalue weighted by Gasteiger charge is -2.13. The van der Waals surface area contributed by atoms with E-state index < -0.39 is 21.7 Å². The molecule has 0 radical (unpaired) electrons. The van der Waals surface area contributed by atoms with Gasteiger partial charge in [-0.3, -0.25) is 9.52 Å². The number of carbonyl (C=O) groups is 1. The van der Waals surface area contributed by atoms with E-state index >= 15 is 0 Å². The van der Waals surface area contributed by atoms with Crippen LogP contribution in [0, 0.1) is 5.82 Å². The Kier molecular flexibility index (Phi) is 7.29. The van der Waals surface area contributed by atoms with Gasteiger partial charge in [-0.1, -0.05) is 25.4 Å². The van der Waals surface area contributed by atoms with Gasteiger partial charge in [0, 0.05) is 11.9 Å². The Morgan fingerprint density at radius 3 is 2.71 bits per heavy atom. The maximum atomic E-state index is 14.4. The van der Waals surface area contributed by atoms with Gasteiger partial charge in [-0.05, 0) is 25.0 Å². The first-order chi connectivity index (χ1) is 14.8. The summed E-state index contributed by atoms with van der Waals surface area (Å²) in [5.41, 5.74) is 0.318. The second kappa shape index (κ2) is 9.75. The van der Waals surface area contributed by atoms with Crippen molar-refractivity contribution < 1.29 is 17.6 Å². The molecule has 0 saturated heterocycles. The highest BCUT2D eigenvalue weighted by atomic mass is 35.5. The van der Waals surface area contributed by atoms with Gasteiger partial charge < -0.3 is 10.6 Å². The summed E-state index contributed by atoms with van der Waals surface area (Å²) >= 11 is 7.50. The Morgan fingerprint density at radius 1 is 1.23 bits per heavy atom. The van der Waals surface area contributed by atoms with Crippen LogP contribution in [-0.4, -0.2) is 36.6 Å². The molecule has 31 heavy (non-hydrogen) atoms. The monoisotopic (exact) mass is 485 g/mol. The molecule has 1 aromatic carbocycles. The van der Waals surface area contributed by atoms with E-state index in [2.05, 4.69) is 25.3 Å². The molecule has 0 atom stereocenters. The van der Waals surface area contributed by atoms with Crippen LogP contribution < -0.4 is 15.4 Å². The molecule has 0 spiro atoms. The van der Waals surface area contributed by atoms with Gasteiger partial charge in [-0.2, -0.15) is 0 Å². The van der Waals surface area contributed by atoms with Crippen LogP contribution in [0.4, 0.5) is 21.6 Å². The number of hydrogen-bond acceptors (Lipinski definition) is 7. The van der Waals surface area contributed by atoms with Crippen LogP contribution in [-0.2, 0) is 10.0 Å². The van der Waals surface area contributed by atoms with Crippen molar-refractivity contribution in [3.05, 3.63) is 40.2 Å². The third-order valence-corrected chi connectivity index (χ3v) is 7.05. The van der Waals surface area contributed by atoms with Gasteiger partial charge in [0.1, 0.15) is 18.0 Å². The summed E-state index contributed by atoms with van der Waals surface area (Å²) in [4.78, 5) is 21.3. The van der Waals surface area contributed by atoms with Crippen LogP contribution >= 0.6 is 22.9 Å². The minimum Gasteiger partial charge on any atom is -0.369 e. The highest BCUT2D eigenvalue weighted by Crippen LogP contribution is 2.35. The van der Waals surface area contributed by atoms with E-state index in [0.717, 1.165) is 12.5 Å². The maximum absolute atomic E-state index is 14.4.